The van der Waals surface area contributed by atoms with Crippen molar-refractivity contribution in [3.63, 3.8) is 0 Å². The number of rotatable bonds is 8. The van der Waals surface area contributed by atoms with Crippen LogP contribution in [0.15, 0.2) is 15.8 Å². The van der Waals surface area contributed by atoms with Gasteiger partial charge in [0.05, 0.1) is 0 Å². The summed E-state index contributed by atoms with van der Waals surface area (Å²) in [5.74, 6) is 0.732. The quantitative estimate of drug-likeness (QED) is 0.694. The molecule has 19 heavy (non-hydrogen) atoms. The van der Waals surface area contributed by atoms with E-state index in [-0.39, 0.29) is 11.2 Å². The molecule has 0 aromatic carbocycles. The van der Waals surface area contributed by atoms with Crippen molar-refractivity contribution in [2.24, 2.45) is 5.92 Å². The highest BCUT2D eigenvalue weighted by Gasteiger charge is 2.02. The molecule has 0 bridgehead atoms. The van der Waals surface area contributed by atoms with Crippen LogP contribution in [0, 0.1) is 5.92 Å². The summed E-state index contributed by atoms with van der Waals surface area (Å²) in [6, 6.07) is 0. The Balaban J connectivity index is 2.41. The highest BCUT2D eigenvalue weighted by molar-refractivity contribution is 5.03. The summed E-state index contributed by atoms with van der Waals surface area (Å²) in [6.07, 6.45) is 4.67. The number of hydrogen-bond acceptors (Lipinski definition) is 3. The van der Waals surface area contributed by atoms with Crippen molar-refractivity contribution in [1.29, 1.82) is 0 Å². The molecule has 0 unspecified atom stereocenters. The van der Waals surface area contributed by atoms with Gasteiger partial charge in [0, 0.05) is 24.8 Å². The number of hydrogen-bond donors (Lipinski definition) is 2. The predicted octanol–water partition coefficient (Wildman–Crippen LogP) is 1.12. The first-order chi connectivity index (χ1) is 9.04. The average molecular weight is 267 g/mol. The van der Waals surface area contributed by atoms with Crippen molar-refractivity contribution in [3.05, 3.63) is 32.6 Å². The number of aryl methyl sites for hydroxylation is 1. The van der Waals surface area contributed by atoms with Gasteiger partial charge in [-0.3, -0.25) is 14.3 Å². The number of nitrogens with one attached hydrogen (secondary N) is 2. The second-order valence-corrected chi connectivity index (χ2v) is 5.25. The van der Waals surface area contributed by atoms with Crippen molar-refractivity contribution >= 4 is 0 Å². The van der Waals surface area contributed by atoms with Crippen LogP contribution in [0.2, 0.25) is 0 Å². The molecule has 0 aliphatic carbocycles. The van der Waals surface area contributed by atoms with Crippen molar-refractivity contribution in [2.45, 2.75) is 46.6 Å². The van der Waals surface area contributed by atoms with Crippen LogP contribution in [0.1, 0.15) is 39.2 Å². The van der Waals surface area contributed by atoms with Crippen LogP contribution in [-0.2, 0) is 13.0 Å². The van der Waals surface area contributed by atoms with Crippen LogP contribution in [0.25, 0.3) is 0 Å². The predicted molar refractivity (Wildman–Crippen MR) is 77.6 cm³/mol. The van der Waals surface area contributed by atoms with E-state index in [4.69, 9.17) is 0 Å². The molecule has 1 aromatic rings. The fourth-order valence-corrected chi connectivity index (χ4v) is 1.93. The minimum Gasteiger partial charge on any atom is -0.315 e. The summed E-state index contributed by atoms with van der Waals surface area (Å²) in [6.45, 7) is 8.64. The normalized spacial score (nSPS) is 11.2. The van der Waals surface area contributed by atoms with E-state index in [1.165, 1.54) is 6.42 Å². The molecule has 5 heteroatoms. The largest absolute Gasteiger partial charge is 0.328 e. The molecule has 0 aliphatic heterocycles. The first kappa shape index (κ1) is 15.7. The number of aromatic nitrogens is 2. The van der Waals surface area contributed by atoms with E-state index in [2.05, 4.69) is 24.1 Å². The van der Waals surface area contributed by atoms with Gasteiger partial charge in [-0.2, -0.15) is 0 Å². The Kier molecular flexibility index (Phi) is 6.56. The van der Waals surface area contributed by atoms with Crippen LogP contribution < -0.4 is 16.6 Å². The molecule has 0 amide bonds. The molecule has 1 heterocycles. The molecule has 2 N–H and O–H groups in total. The molecular weight excluding hydrogens is 242 g/mol. The van der Waals surface area contributed by atoms with Crippen LogP contribution in [-0.4, -0.2) is 22.6 Å². The second-order valence-electron chi connectivity index (χ2n) is 5.25. The lowest BCUT2D eigenvalue weighted by Gasteiger charge is -2.09. The minimum atomic E-state index is -0.328. The molecule has 0 radical (unpaired) electrons. The van der Waals surface area contributed by atoms with Gasteiger partial charge in [0.1, 0.15) is 0 Å². The van der Waals surface area contributed by atoms with Gasteiger partial charge in [-0.25, -0.2) is 4.79 Å². The third kappa shape index (κ3) is 5.42. The number of aromatic amines is 1. The van der Waals surface area contributed by atoms with Gasteiger partial charge in [0.25, 0.3) is 5.56 Å². The van der Waals surface area contributed by atoms with Crippen LogP contribution >= 0.6 is 0 Å². The first-order valence-corrected chi connectivity index (χ1v) is 7.08. The topological polar surface area (TPSA) is 66.9 Å². The zero-order valence-corrected chi connectivity index (χ0v) is 12.2. The van der Waals surface area contributed by atoms with Crippen molar-refractivity contribution in [3.8, 4) is 0 Å². The van der Waals surface area contributed by atoms with Gasteiger partial charge in [0.15, 0.2) is 0 Å². The molecule has 108 valence electrons. The number of nitrogens with zero attached hydrogens (tertiary/aromatic N) is 1. The third-order valence-corrected chi connectivity index (χ3v) is 3.13. The molecule has 0 spiro atoms. The Labute approximate surface area is 114 Å². The van der Waals surface area contributed by atoms with E-state index in [1.807, 2.05) is 6.92 Å². The van der Waals surface area contributed by atoms with E-state index in [0.717, 1.165) is 25.4 Å². The Morgan fingerprint density at radius 3 is 2.68 bits per heavy atom. The fourth-order valence-electron chi connectivity index (χ4n) is 1.93. The monoisotopic (exact) mass is 267 g/mol. The van der Waals surface area contributed by atoms with Crippen LogP contribution in [0.4, 0.5) is 0 Å². The van der Waals surface area contributed by atoms with Gasteiger partial charge < -0.3 is 5.32 Å². The van der Waals surface area contributed by atoms with Crippen molar-refractivity contribution < 1.29 is 0 Å². The van der Waals surface area contributed by atoms with E-state index in [0.29, 0.717) is 18.5 Å². The Bertz CT molecular complexity index is 488. The van der Waals surface area contributed by atoms with Crippen molar-refractivity contribution in [2.75, 3.05) is 13.1 Å². The highest BCUT2D eigenvalue weighted by Crippen LogP contribution is 2.01. The van der Waals surface area contributed by atoms with Gasteiger partial charge >= 0.3 is 5.69 Å². The Hall–Kier alpha value is -1.36. The molecule has 5 nitrogen and oxygen atoms in total. The summed E-state index contributed by atoms with van der Waals surface area (Å²) in [5, 5.41) is 3.32. The maximum atomic E-state index is 11.6. The molecule has 0 saturated heterocycles. The van der Waals surface area contributed by atoms with E-state index < -0.39 is 0 Å². The molecule has 1 rings (SSSR count). The lowest BCUT2D eigenvalue weighted by atomic mass is 10.1. The van der Waals surface area contributed by atoms with E-state index in [1.54, 1.807) is 10.8 Å². The van der Waals surface area contributed by atoms with Gasteiger partial charge in [-0.1, -0.05) is 20.8 Å². The van der Waals surface area contributed by atoms with E-state index >= 15 is 0 Å². The zero-order valence-electron chi connectivity index (χ0n) is 12.2. The smallest absolute Gasteiger partial charge is 0.315 e. The molecule has 0 aliphatic rings. The summed E-state index contributed by atoms with van der Waals surface area (Å²) in [7, 11) is 0. The van der Waals surface area contributed by atoms with Gasteiger partial charge in [-0.05, 0) is 31.7 Å². The Morgan fingerprint density at radius 1 is 1.32 bits per heavy atom. The summed E-state index contributed by atoms with van der Waals surface area (Å²) >= 11 is 0. The lowest BCUT2D eigenvalue weighted by Crippen LogP contribution is -2.34. The highest BCUT2D eigenvalue weighted by atomic mass is 16.2. The number of H-pyrrole nitrogens is 1. The molecular formula is C14H25N3O2. The first-order valence-electron chi connectivity index (χ1n) is 7.08. The maximum Gasteiger partial charge on any atom is 0.328 e. The second kappa shape index (κ2) is 7.94. The summed E-state index contributed by atoms with van der Waals surface area (Å²) in [5.41, 5.74) is 0.0548. The van der Waals surface area contributed by atoms with Crippen molar-refractivity contribution in [1.82, 2.24) is 14.9 Å². The minimum absolute atomic E-state index is 0.270. The zero-order chi connectivity index (χ0) is 14.3. The van der Waals surface area contributed by atoms with Gasteiger partial charge in [-0.15, -0.1) is 0 Å². The standard InChI is InChI=1S/C14H25N3O2/c1-4-12-10-17(14(19)16-13(12)18)9-8-15-7-5-6-11(2)3/h10-11,15H,4-9H2,1-3H3,(H,16,18,19). The average Bonchev–Trinajstić information content (AvgIpc) is 2.35. The summed E-state index contributed by atoms with van der Waals surface area (Å²) in [4.78, 5) is 25.4. The third-order valence-electron chi connectivity index (χ3n) is 3.13. The maximum absolute atomic E-state index is 11.6. The Morgan fingerprint density at radius 2 is 2.05 bits per heavy atom. The molecule has 1 aromatic heterocycles. The van der Waals surface area contributed by atoms with E-state index in [9.17, 15) is 9.59 Å². The molecule has 0 saturated carbocycles. The fraction of sp³-hybridized carbons (Fsp3) is 0.714. The summed E-state index contributed by atoms with van der Waals surface area (Å²) < 4.78 is 1.57. The van der Waals surface area contributed by atoms with Gasteiger partial charge in [0.2, 0.25) is 0 Å². The van der Waals surface area contributed by atoms with Crippen LogP contribution in [0.3, 0.4) is 0 Å². The molecule has 0 fully saturated rings. The van der Waals surface area contributed by atoms with Crippen LogP contribution in [0.5, 0.6) is 0 Å². The lowest BCUT2D eigenvalue weighted by molar-refractivity contribution is 0.510. The SMILES string of the molecule is CCc1cn(CCNCCCC(C)C)c(=O)[nH]c1=O. The molecule has 0 atom stereocenters.